The molecule has 8 nitrogen and oxygen atoms in total. The minimum Gasteiger partial charge on any atom is -0.461 e. The minimum atomic E-state index is -0.366. The van der Waals surface area contributed by atoms with Gasteiger partial charge in [0.1, 0.15) is 0 Å². The topological polar surface area (TPSA) is 91.4 Å². The Balaban J connectivity index is 1.46. The first kappa shape index (κ1) is 17.5. The first-order chi connectivity index (χ1) is 13.2. The van der Waals surface area contributed by atoms with Crippen molar-refractivity contribution in [2.24, 2.45) is 0 Å². The quantitative estimate of drug-likeness (QED) is 0.649. The van der Waals surface area contributed by atoms with Crippen LogP contribution in [0.2, 0.25) is 0 Å². The van der Waals surface area contributed by atoms with Crippen LogP contribution in [0, 0.1) is 0 Å². The molecular formula is C18H18N4O4S. The number of anilines is 1. The second-order valence-electron chi connectivity index (χ2n) is 5.85. The number of fused-ring (bicyclic) bond motifs is 1. The number of ether oxygens (including phenoxy) is 2. The van der Waals surface area contributed by atoms with E-state index in [4.69, 9.17) is 13.9 Å². The van der Waals surface area contributed by atoms with E-state index in [0.29, 0.717) is 40.5 Å². The van der Waals surface area contributed by atoms with Gasteiger partial charge in [-0.2, -0.15) is 0 Å². The molecule has 1 unspecified atom stereocenters. The van der Waals surface area contributed by atoms with Crippen molar-refractivity contribution >= 4 is 23.4 Å². The molecule has 1 N–H and O–H groups in total. The average molecular weight is 386 g/mol. The Morgan fingerprint density at radius 2 is 2.15 bits per heavy atom. The maximum atomic E-state index is 12.6. The van der Waals surface area contributed by atoms with Gasteiger partial charge in [0.25, 0.3) is 0 Å². The number of hydrogen-bond donors (Lipinski definition) is 1. The van der Waals surface area contributed by atoms with Crippen LogP contribution in [-0.4, -0.2) is 32.7 Å². The highest BCUT2D eigenvalue weighted by atomic mass is 32.2. The summed E-state index contributed by atoms with van der Waals surface area (Å²) in [7, 11) is 0. The first-order valence-electron chi connectivity index (χ1n) is 8.50. The summed E-state index contributed by atoms with van der Waals surface area (Å²) < 4.78 is 17.9. The highest BCUT2D eigenvalue weighted by Crippen LogP contribution is 2.34. The number of amides is 1. The standard InChI is InChI=1S/C18H18N4O4S/c1-3-22-16(14-5-4-8-24-14)20-21-18(22)27-11(2)17(23)19-12-6-7-13-15(9-12)26-10-25-13/h4-9,11H,3,10H2,1-2H3,(H,19,23). The Morgan fingerprint density at radius 1 is 1.30 bits per heavy atom. The van der Waals surface area contributed by atoms with Crippen LogP contribution in [0.15, 0.2) is 46.2 Å². The van der Waals surface area contributed by atoms with Gasteiger partial charge in [-0.15, -0.1) is 10.2 Å². The molecule has 1 aliphatic rings. The van der Waals surface area contributed by atoms with E-state index in [2.05, 4.69) is 15.5 Å². The summed E-state index contributed by atoms with van der Waals surface area (Å²) in [4.78, 5) is 12.6. The van der Waals surface area contributed by atoms with E-state index in [1.165, 1.54) is 11.8 Å². The Labute approximate surface area is 159 Å². The highest BCUT2D eigenvalue weighted by molar-refractivity contribution is 8.00. The number of carbonyl (C=O) groups excluding carboxylic acids is 1. The number of carbonyl (C=O) groups is 1. The Bertz CT molecular complexity index is 954. The maximum Gasteiger partial charge on any atom is 0.237 e. The smallest absolute Gasteiger partial charge is 0.237 e. The molecule has 0 radical (unpaired) electrons. The largest absolute Gasteiger partial charge is 0.461 e. The second-order valence-corrected chi connectivity index (χ2v) is 7.15. The number of nitrogens with one attached hydrogen (secondary N) is 1. The number of aromatic nitrogens is 3. The fourth-order valence-electron chi connectivity index (χ4n) is 2.68. The lowest BCUT2D eigenvalue weighted by Gasteiger charge is -2.12. The summed E-state index contributed by atoms with van der Waals surface area (Å²) in [6.45, 7) is 4.69. The number of benzene rings is 1. The van der Waals surface area contributed by atoms with Crippen molar-refractivity contribution in [1.82, 2.24) is 14.8 Å². The zero-order valence-corrected chi connectivity index (χ0v) is 15.7. The number of nitrogens with zero attached hydrogens (tertiary/aromatic N) is 3. The lowest BCUT2D eigenvalue weighted by atomic mass is 10.2. The normalized spacial score (nSPS) is 13.6. The van der Waals surface area contributed by atoms with Crippen LogP contribution in [-0.2, 0) is 11.3 Å². The minimum absolute atomic E-state index is 0.135. The molecule has 4 rings (SSSR count). The van der Waals surface area contributed by atoms with Crippen LogP contribution in [0.1, 0.15) is 13.8 Å². The van der Waals surface area contributed by atoms with Crippen molar-refractivity contribution in [2.75, 3.05) is 12.1 Å². The van der Waals surface area contributed by atoms with Crippen LogP contribution in [0.4, 0.5) is 5.69 Å². The van der Waals surface area contributed by atoms with Crippen LogP contribution in [0.5, 0.6) is 11.5 Å². The van der Waals surface area contributed by atoms with Gasteiger partial charge in [-0.05, 0) is 38.1 Å². The molecule has 0 saturated heterocycles. The predicted molar refractivity (Wildman–Crippen MR) is 99.9 cm³/mol. The molecule has 1 atom stereocenters. The molecule has 1 aliphatic heterocycles. The molecule has 9 heteroatoms. The van der Waals surface area contributed by atoms with E-state index in [-0.39, 0.29) is 18.0 Å². The van der Waals surface area contributed by atoms with E-state index in [1.54, 1.807) is 30.5 Å². The van der Waals surface area contributed by atoms with Crippen molar-refractivity contribution in [3.8, 4) is 23.1 Å². The van der Waals surface area contributed by atoms with Crippen molar-refractivity contribution in [3.05, 3.63) is 36.6 Å². The van der Waals surface area contributed by atoms with Crippen molar-refractivity contribution < 1.29 is 18.7 Å². The molecule has 0 spiro atoms. The lowest BCUT2D eigenvalue weighted by Crippen LogP contribution is -2.22. The molecule has 0 saturated carbocycles. The van der Waals surface area contributed by atoms with E-state index in [1.807, 2.05) is 24.5 Å². The van der Waals surface area contributed by atoms with Gasteiger partial charge >= 0.3 is 0 Å². The summed E-state index contributed by atoms with van der Waals surface area (Å²) in [6, 6.07) is 8.95. The molecule has 1 aromatic carbocycles. The third-order valence-electron chi connectivity index (χ3n) is 4.07. The first-order valence-corrected chi connectivity index (χ1v) is 9.38. The fourth-order valence-corrected chi connectivity index (χ4v) is 3.59. The SMILES string of the molecule is CCn1c(SC(C)C(=O)Nc2ccc3c(c2)OCO3)nnc1-c1ccco1. The summed E-state index contributed by atoms with van der Waals surface area (Å²) >= 11 is 1.35. The lowest BCUT2D eigenvalue weighted by molar-refractivity contribution is -0.115. The number of furan rings is 1. The van der Waals surface area contributed by atoms with Crippen molar-refractivity contribution in [2.45, 2.75) is 30.8 Å². The molecule has 1 amide bonds. The number of hydrogen-bond acceptors (Lipinski definition) is 7. The second kappa shape index (κ2) is 7.36. The molecule has 3 aromatic rings. The number of rotatable bonds is 6. The Kier molecular flexibility index (Phi) is 4.76. The molecule has 0 aliphatic carbocycles. The monoisotopic (exact) mass is 386 g/mol. The number of thioether (sulfide) groups is 1. The van der Waals surface area contributed by atoms with Gasteiger partial charge in [-0.25, -0.2) is 0 Å². The third-order valence-corrected chi connectivity index (χ3v) is 5.15. The van der Waals surface area contributed by atoms with E-state index in [0.717, 1.165) is 0 Å². The van der Waals surface area contributed by atoms with Crippen LogP contribution < -0.4 is 14.8 Å². The van der Waals surface area contributed by atoms with Gasteiger partial charge < -0.3 is 19.2 Å². The fraction of sp³-hybridized carbons (Fsp3) is 0.278. The zero-order chi connectivity index (χ0) is 18.8. The van der Waals surface area contributed by atoms with Gasteiger partial charge in [0, 0.05) is 18.3 Å². The van der Waals surface area contributed by atoms with Gasteiger partial charge in [-0.1, -0.05) is 11.8 Å². The Morgan fingerprint density at radius 3 is 2.93 bits per heavy atom. The van der Waals surface area contributed by atoms with Gasteiger partial charge in [-0.3, -0.25) is 9.36 Å². The van der Waals surface area contributed by atoms with Crippen molar-refractivity contribution in [1.29, 1.82) is 0 Å². The zero-order valence-electron chi connectivity index (χ0n) is 14.8. The summed E-state index contributed by atoms with van der Waals surface area (Å²) in [6.07, 6.45) is 1.60. The molecular weight excluding hydrogens is 368 g/mol. The average Bonchev–Trinajstić information content (AvgIpc) is 3.41. The van der Waals surface area contributed by atoms with Crippen LogP contribution in [0.3, 0.4) is 0 Å². The molecule has 27 heavy (non-hydrogen) atoms. The molecule has 2 aromatic heterocycles. The molecule has 0 fully saturated rings. The summed E-state index contributed by atoms with van der Waals surface area (Å²) in [5, 5.41) is 11.6. The van der Waals surface area contributed by atoms with Crippen LogP contribution >= 0.6 is 11.8 Å². The van der Waals surface area contributed by atoms with E-state index >= 15 is 0 Å². The molecule has 0 bridgehead atoms. The van der Waals surface area contributed by atoms with E-state index < -0.39 is 0 Å². The predicted octanol–water partition coefficient (Wildman–Crippen LogP) is 3.41. The third kappa shape index (κ3) is 3.50. The maximum absolute atomic E-state index is 12.6. The van der Waals surface area contributed by atoms with Gasteiger partial charge in [0.2, 0.25) is 12.7 Å². The van der Waals surface area contributed by atoms with Crippen molar-refractivity contribution in [3.63, 3.8) is 0 Å². The van der Waals surface area contributed by atoms with Crippen LogP contribution in [0.25, 0.3) is 11.6 Å². The molecule has 140 valence electrons. The summed E-state index contributed by atoms with van der Waals surface area (Å²) in [5.41, 5.74) is 0.657. The summed E-state index contributed by atoms with van der Waals surface area (Å²) in [5.74, 6) is 2.46. The van der Waals surface area contributed by atoms with Gasteiger partial charge in [0.15, 0.2) is 28.2 Å². The highest BCUT2D eigenvalue weighted by Gasteiger charge is 2.22. The molecule has 3 heterocycles. The van der Waals surface area contributed by atoms with Gasteiger partial charge in [0.05, 0.1) is 11.5 Å². The van der Waals surface area contributed by atoms with E-state index in [9.17, 15) is 4.79 Å². The Hall–Kier alpha value is -2.94.